The van der Waals surface area contributed by atoms with E-state index in [4.69, 9.17) is 16.3 Å². The van der Waals surface area contributed by atoms with Crippen molar-refractivity contribution in [3.8, 4) is 12.1 Å². The lowest BCUT2D eigenvalue weighted by Gasteiger charge is -2.36. The molecule has 138 valence electrons. The minimum atomic E-state index is -0.649. The minimum absolute atomic E-state index is 0.210. The number of carbonyl (C=O) groups excluding carboxylic acids is 1. The Hall–Kier alpha value is -2.28. The Kier molecular flexibility index (Phi) is 5.89. The summed E-state index contributed by atoms with van der Waals surface area (Å²) in [4.78, 5) is 16.8. The van der Waals surface area contributed by atoms with E-state index in [0.717, 1.165) is 25.7 Å². The molecule has 1 saturated carbocycles. The number of hydrogen-bond acceptors (Lipinski definition) is 6. The molecule has 0 saturated heterocycles. The molecule has 7 heteroatoms. The molecule has 0 bridgehead atoms. The van der Waals surface area contributed by atoms with Gasteiger partial charge in [0, 0.05) is 16.0 Å². The van der Waals surface area contributed by atoms with Crippen molar-refractivity contribution in [3.05, 3.63) is 45.5 Å². The molecular formula is C20H18ClN3O2S. The van der Waals surface area contributed by atoms with E-state index in [2.05, 4.69) is 17.1 Å². The van der Waals surface area contributed by atoms with Gasteiger partial charge in [-0.2, -0.15) is 10.5 Å². The van der Waals surface area contributed by atoms with Crippen molar-refractivity contribution in [2.24, 2.45) is 16.3 Å². The van der Waals surface area contributed by atoms with E-state index in [1.165, 1.54) is 11.8 Å². The second-order valence-electron chi connectivity index (χ2n) is 6.59. The van der Waals surface area contributed by atoms with Crippen molar-refractivity contribution in [1.29, 1.82) is 10.5 Å². The molecule has 1 aliphatic heterocycles. The van der Waals surface area contributed by atoms with Crippen LogP contribution in [0.4, 0.5) is 0 Å². The zero-order chi connectivity index (χ0) is 19.4. The van der Waals surface area contributed by atoms with Crippen LogP contribution in [-0.4, -0.2) is 24.5 Å². The van der Waals surface area contributed by atoms with Crippen molar-refractivity contribution in [2.75, 3.05) is 12.9 Å². The van der Waals surface area contributed by atoms with Gasteiger partial charge in [-0.05, 0) is 43.4 Å². The molecule has 1 heterocycles. The Balaban J connectivity index is 1.87. The van der Waals surface area contributed by atoms with Crippen LogP contribution >= 0.6 is 23.4 Å². The van der Waals surface area contributed by atoms with Gasteiger partial charge in [-0.3, -0.25) is 4.79 Å². The molecule has 5 nitrogen and oxygen atoms in total. The molecule has 1 aromatic rings. The van der Waals surface area contributed by atoms with Gasteiger partial charge in [-0.1, -0.05) is 24.4 Å². The molecule has 0 radical (unpaired) electrons. The summed E-state index contributed by atoms with van der Waals surface area (Å²) in [6.07, 6.45) is 5.28. The minimum Gasteiger partial charge on any atom is -0.471 e. The molecule has 27 heavy (non-hydrogen) atoms. The third kappa shape index (κ3) is 3.60. The van der Waals surface area contributed by atoms with Crippen molar-refractivity contribution in [2.45, 2.75) is 25.7 Å². The van der Waals surface area contributed by atoms with Crippen molar-refractivity contribution in [3.63, 3.8) is 0 Å². The van der Waals surface area contributed by atoms with E-state index < -0.39 is 11.3 Å². The molecule has 1 spiro atoms. The summed E-state index contributed by atoms with van der Waals surface area (Å²) in [7, 11) is 0. The highest BCUT2D eigenvalue weighted by molar-refractivity contribution is 8.02. The quantitative estimate of drug-likeness (QED) is 0.682. The number of rotatable bonds is 4. The normalized spacial score (nSPS) is 20.7. The van der Waals surface area contributed by atoms with Crippen LogP contribution in [0.25, 0.3) is 0 Å². The van der Waals surface area contributed by atoms with Gasteiger partial charge in [0.2, 0.25) is 5.90 Å². The molecule has 1 aromatic carbocycles. The zero-order valence-electron chi connectivity index (χ0n) is 14.9. The second-order valence-corrected chi connectivity index (χ2v) is 7.82. The van der Waals surface area contributed by atoms with Crippen LogP contribution in [0.2, 0.25) is 5.02 Å². The number of hydrogen-bond donors (Lipinski definition) is 0. The summed E-state index contributed by atoms with van der Waals surface area (Å²) in [6.45, 7) is -0.210. The first-order valence-electron chi connectivity index (χ1n) is 8.64. The van der Waals surface area contributed by atoms with Gasteiger partial charge in [0.25, 0.3) is 0 Å². The Labute approximate surface area is 167 Å². The number of thioether (sulfide) groups is 1. The Morgan fingerprint density at radius 2 is 2.00 bits per heavy atom. The molecule has 1 fully saturated rings. The number of benzene rings is 1. The maximum Gasteiger partial charge on any atom is 0.208 e. The first-order chi connectivity index (χ1) is 13.1. The average Bonchev–Trinajstić information content (AvgIpc) is 3.15. The topological polar surface area (TPSA) is 86.2 Å². The van der Waals surface area contributed by atoms with Gasteiger partial charge in [-0.15, -0.1) is 11.8 Å². The number of nitrogens with zero attached hydrogens (tertiary/aromatic N) is 3. The lowest BCUT2D eigenvalue weighted by Crippen LogP contribution is -2.39. The SMILES string of the molecule is CSC1=C(C#N)C2(CCCC2)C(C#N)C(OCC(=O)c2ccc(Cl)cc2)=N1. The summed E-state index contributed by atoms with van der Waals surface area (Å²) < 4.78 is 5.73. The fraction of sp³-hybridized carbons (Fsp3) is 0.400. The number of ether oxygens (including phenoxy) is 1. The number of ketones is 1. The number of aliphatic imine (C=N–C) groups is 1. The van der Waals surface area contributed by atoms with Gasteiger partial charge < -0.3 is 4.74 Å². The van der Waals surface area contributed by atoms with Crippen molar-refractivity contribution >= 4 is 35.0 Å². The standard InChI is InChI=1S/C20H18ClN3O2S/c1-27-19-16(11-23)20(8-2-3-9-20)15(10-22)18(24-19)26-12-17(25)13-4-6-14(21)7-5-13/h4-7,15H,2-3,8-9,12H2,1H3. The van der Waals surface area contributed by atoms with E-state index in [0.29, 0.717) is 21.2 Å². The van der Waals surface area contributed by atoms with Crippen molar-refractivity contribution in [1.82, 2.24) is 0 Å². The molecule has 1 atom stereocenters. The van der Waals surface area contributed by atoms with Crippen LogP contribution in [0.5, 0.6) is 0 Å². The second kappa shape index (κ2) is 8.17. The monoisotopic (exact) mass is 399 g/mol. The molecule has 3 rings (SSSR count). The van der Waals surface area contributed by atoms with E-state index >= 15 is 0 Å². The van der Waals surface area contributed by atoms with Crippen LogP contribution < -0.4 is 0 Å². The maximum absolute atomic E-state index is 12.4. The van der Waals surface area contributed by atoms with Crippen LogP contribution in [0.1, 0.15) is 36.0 Å². The Bertz CT molecular complexity index is 887. The average molecular weight is 400 g/mol. The predicted molar refractivity (Wildman–Crippen MR) is 105 cm³/mol. The zero-order valence-corrected chi connectivity index (χ0v) is 16.4. The highest BCUT2D eigenvalue weighted by atomic mass is 35.5. The predicted octanol–water partition coefficient (Wildman–Crippen LogP) is 4.75. The van der Waals surface area contributed by atoms with Crippen LogP contribution in [0.3, 0.4) is 0 Å². The van der Waals surface area contributed by atoms with Gasteiger partial charge in [-0.25, -0.2) is 4.99 Å². The summed E-state index contributed by atoms with van der Waals surface area (Å²) >= 11 is 7.22. The third-order valence-electron chi connectivity index (χ3n) is 5.17. The van der Waals surface area contributed by atoms with E-state index in [1.54, 1.807) is 24.3 Å². The fourth-order valence-corrected chi connectivity index (χ4v) is 4.58. The number of nitriles is 2. The van der Waals surface area contributed by atoms with Gasteiger partial charge >= 0.3 is 0 Å². The third-order valence-corrected chi connectivity index (χ3v) is 6.10. The number of halogens is 1. The Morgan fingerprint density at radius 3 is 2.56 bits per heavy atom. The smallest absolute Gasteiger partial charge is 0.208 e. The van der Waals surface area contributed by atoms with E-state index in [-0.39, 0.29) is 18.3 Å². The fourth-order valence-electron chi connectivity index (χ4n) is 3.82. The lowest BCUT2D eigenvalue weighted by molar-refractivity contribution is 0.0902. The van der Waals surface area contributed by atoms with Gasteiger partial charge in [0.05, 0.1) is 17.7 Å². The van der Waals surface area contributed by atoms with E-state index in [1.807, 2.05) is 6.26 Å². The largest absolute Gasteiger partial charge is 0.471 e. The van der Waals surface area contributed by atoms with Gasteiger partial charge in [0.1, 0.15) is 10.9 Å². The van der Waals surface area contributed by atoms with Crippen molar-refractivity contribution < 1.29 is 9.53 Å². The molecular weight excluding hydrogens is 382 g/mol. The summed E-state index contributed by atoms with van der Waals surface area (Å²) in [6, 6.07) is 11.1. The van der Waals surface area contributed by atoms with E-state index in [9.17, 15) is 15.3 Å². The summed E-state index contributed by atoms with van der Waals surface area (Å²) in [5.74, 6) is -0.624. The summed E-state index contributed by atoms with van der Waals surface area (Å²) in [5, 5.41) is 20.7. The van der Waals surface area contributed by atoms with Crippen LogP contribution in [0.15, 0.2) is 39.9 Å². The first kappa shape index (κ1) is 19.5. The molecule has 1 aliphatic carbocycles. The van der Waals surface area contributed by atoms with Crippen LogP contribution in [-0.2, 0) is 4.74 Å². The molecule has 0 N–H and O–H groups in total. The highest BCUT2D eigenvalue weighted by Gasteiger charge is 2.51. The highest BCUT2D eigenvalue weighted by Crippen LogP contribution is 2.54. The van der Waals surface area contributed by atoms with Crippen LogP contribution in [0, 0.1) is 34.0 Å². The molecule has 0 aromatic heterocycles. The molecule has 0 amide bonds. The number of allylic oxidation sites excluding steroid dienone is 1. The Morgan fingerprint density at radius 1 is 1.33 bits per heavy atom. The number of Topliss-reactive ketones (excluding diaryl/α,β-unsaturated/α-hetero) is 1. The first-order valence-corrected chi connectivity index (χ1v) is 10.2. The lowest BCUT2D eigenvalue weighted by atomic mass is 9.68. The molecule has 1 unspecified atom stereocenters. The number of carbonyl (C=O) groups is 1. The maximum atomic E-state index is 12.4. The molecule has 2 aliphatic rings. The summed E-state index contributed by atoms with van der Waals surface area (Å²) in [5.41, 5.74) is 0.510. The van der Waals surface area contributed by atoms with Gasteiger partial charge in [0.15, 0.2) is 12.4 Å².